The molecule has 3 rings (SSSR count). The van der Waals surface area contributed by atoms with Gasteiger partial charge in [0.2, 0.25) is 0 Å². The smallest absolute Gasteiger partial charge is 0.166 e. The average Bonchev–Trinajstić information content (AvgIpc) is 3.03. The van der Waals surface area contributed by atoms with Crippen LogP contribution in [0.25, 0.3) is 21.6 Å². The summed E-state index contributed by atoms with van der Waals surface area (Å²) in [5.74, 6) is 0. The van der Waals surface area contributed by atoms with Gasteiger partial charge in [-0.25, -0.2) is 15.0 Å². The Kier molecular flexibility index (Phi) is 3.41. The average molecular weight is 296 g/mol. The third-order valence-electron chi connectivity index (χ3n) is 3.21. The van der Waals surface area contributed by atoms with Crippen molar-refractivity contribution in [3.63, 3.8) is 0 Å². The first-order chi connectivity index (χ1) is 9.74. The van der Waals surface area contributed by atoms with E-state index in [1.54, 1.807) is 10.9 Å². The lowest BCUT2D eigenvalue weighted by Gasteiger charge is -2.13. The van der Waals surface area contributed by atoms with Gasteiger partial charge in [0.25, 0.3) is 0 Å². The van der Waals surface area contributed by atoms with Crippen molar-refractivity contribution >= 4 is 22.8 Å². The number of hydrogen-bond donors (Lipinski definition) is 1. The number of aromatic nitrogens is 4. The summed E-state index contributed by atoms with van der Waals surface area (Å²) in [6.45, 7) is -0.220. The van der Waals surface area contributed by atoms with E-state index in [1.165, 1.54) is 6.33 Å². The Morgan fingerprint density at radius 3 is 3.15 bits per heavy atom. The second-order valence-electron chi connectivity index (χ2n) is 4.31. The van der Waals surface area contributed by atoms with Gasteiger partial charge in [0.05, 0.1) is 25.1 Å². The third kappa shape index (κ3) is 2.06. The molecule has 1 aliphatic heterocycles. The maximum absolute atomic E-state index is 9.26. The summed E-state index contributed by atoms with van der Waals surface area (Å²) in [4.78, 5) is 14.9. The number of aliphatic hydroxyl groups is 1. The molecule has 2 aromatic rings. The molecule has 0 aromatic carbocycles. The van der Waals surface area contributed by atoms with Crippen LogP contribution in [0.5, 0.6) is 0 Å². The first kappa shape index (κ1) is 13.1. The van der Waals surface area contributed by atoms with Crippen molar-refractivity contribution in [3.05, 3.63) is 28.3 Å². The Balaban J connectivity index is 1.96. The predicted octanol–water partition coefficient (Wildman–Crippen LogP) is 1.44. The molecule has 3 atom stereocenters. The number of fused-ring (bicyclic) bond motifs is 1. The highest BCUT2D eigenvalue weighted by Crippen LogP contribution is 2.33. The number of rotatable bonds is 3. The van der Waals surface area contributed by atoms with Crippen molar-refractivity contribution in [2.75, 3.05) is 6.61 Å². The van der Waals surface area contributed by atoms with Crippen LogP contribution in [0.3, 0.4) is 0 Å². The van der Waals surface area contributed by atoms with Gasteiger partial charge < -0.3 is 9.84 Å². The zero-order valence-corrected chi connectivity index (χ0v) is 10.9. The Morgan fingerprint density at radius 2 is 2.40 bits per heavy atom. The third-order valence-corrected chi connectivity index (χ3v) is 3.49. The van der Waals surface area contributed by atoms with Gasteiger partial charge in [-0.05, 0) is 5.53 Å². The van der Waals surface area contributed by atoms with E-state index in [2.05, 4.69) is 25.0 Å². The molecule has 1 aliphatic rings. The lowest BCUT2D eigenvalue weighted by Crippen LogP contribution is -2.22. The van der Waals surface area contributed by atoms with Crippen LogP contribution in [-0.4, -0.2) is 43.4 Å². The van der Waals surface area contributed by atoms with Crippen LogP contribution >= 0.6 is 11.6 Å². The van der Waals surface area contributed by atoms with Crippen molar-refractivity contribution in [2.45, 2.75) is 24.8 Å². The molecule has 1 fully saturated rings. The molecule has 2 aromatic heterocycles. The fourth-order valence-electron chi connectivity index (χ4n) is 2.27. The van der Waals surface area contributed by atoms with E-state index < -0.39 is 18.4 Å². The van der Waals surface area contributed by atoms with E-state index in [9.17, 15) is 5.11 Å². The van der Waals surface area contributed by atoms with Gasteiger partial charge in [-0.1, -0.05) is 16.7 Å². The highest BCUT2D eigenvalue weighted by atomic mass is 35.5. The van der Waals surface area contributed by atoms with Gasteiger partial charge in [-0.2, -0.15) is 0 Å². The number of ether oxygens (including phenoxy) is 1. The number of azide groups is 1. The molecule has 104 valence electrons. The van der Waals surface area contributed by atoms with Gasteiger partial charge in [-0.15, -0.1) is 0 Å². The fourth-order valence-corrected chi connectivity index (χ4v) is 2.45. The first-order valence-electron chi connectivity index (χ1n) is 5.88. The van der Waals surface area contributed by atoms with Crippen LogP contribution in [0.15, 0.2) is 17.8 Å². The standard InChI is InChI=1S/C10H10ClN7O2/c11-9-8-10(14-3-13-9)18(4-15-8)7-1-5(16-17-12)6(2-19)20-7/h3-7,19H,1-2H2/t5-,6+,7+/m0/s1. The highest BCUT2D eigenvalue weighted by Gasteiger charge is 2.36. The van der Waals surface area contributed by atoms with Crippen LogP contribution in [0, 0.1) is 0 Å². The van der Waals surface area contributed by atoms with Gasteiger partial charge in [0.15, 0.2) is 10.8 Å². The summed E-state index contributed by atoms with van der Waals surface area (Å²) >= 11 is 5.94. The van der Waals surface area contributed by atoms with Gasteiger partial charge in [-0.3, -0.25) is 4.57 Å². The van der Waals surface area contributed by atoms with Crippen molar-refractivity contribution in [3.8, 4) is 0 Å². The molecule has 10 heteroatoms. The van der Waals surface area contributed by atoms with Gasteiger partial charge in [0, 0.05) is 11.3 Å². The van der Waals surface area contributed by atoms with E-state index in [0.29, 0.717) is 17.6 Å². The Morgan fingerprint density at radius 1 is 1.55 bits per heavy atom. The molecule has 0 radical (unpaired) electrons. The summed E-state index contributed by atoms with van der Waals surface area (Å²) < 4.78 is 7.37. The molecule has 0 bridgehead atoms. The van der Waals surface area contributed by atoms with Crippen molar-refractivity contribution < 1.29 is 9.84 Å². The number of nitrogens with zero attached hydrogens (tertiary/aromatic N) is 7. The number of imidazole rings is 1. The highest BCUT2D eigenvalue weighted by molar-refractivity contribution is 6.33. The minimum absolute atomic E-state index is 0.220. The molecular formula is C10H10ClN7O2. The fraction of sp³-hybridized carbons (Fsp3) is 0.500. The molecule has 1 N–H and O–H groups in total. The lowest BCUT2D eigenvalue weighted by atomic mass is 10.1. The molecule has 9 nitrogen and oxygen atoms in total. The van der Waals surface area contributed by atoms with E-state index in [1.807, 2.05) is 0 Å². The maximum Gasteiger partial charge on any atom is 0.166 e. The molecule has 0 amide bonds. The van der Waals surface area contributed by atoms with Crippen molar-refractivity contribution in [1.29, 1.82) is 0 Å². The second-order valence-corrected chi connectivity index (χ2v) is 4.67. The summed E-state index contributed by atoms with van der Waals surface area (Å²) in [7, 11) is 0. The minimum Gasteiger partial charge on any atom is -0.394 e. The van der Waals surface area contributed by atoms with E-state index in [4.69, 9.17) is 21.9 Å². The second kappa shape index (κ2) is 5.22. The number of aliphatic hydroxyl groups excluding tert-OH is 1. The van der Waals surface area contributed by atoms with E-state index in [-0.39, 0.29) is 11.8 Å². The SMILES string of the molecule is [N-]=[N+]=N[C@H]1C[C@H](n2cnc3c(Cl)ncnc32)O[C@@H]1CO. The topological polar surface area (TPSA) is 122 Å². The number of halogens is 1. The van der Waals surface area contributed by atoms with Crippen LogP contribution in [0.2, 0.25) is 5.15 Å². The molecule has 0 saturated carbocycles. The molecule has 0 unspecified atom stereocenters. The van der Waals surface area contributed by atoms with Crippen LogP contribution in [0.4, 0.5) is 0 Å². The van der Waals surface area contributed by atoms with Crippen LogP contribution < -0.4 is 0 Å². The number of hydrogen-bond acceptors (Lipinski definition) is 6. The minimum atomic E-state index is -0.536. The van der Waals surface area contributed by atoms with Gasteiger partial charge in [0.1, 0.15) is 18.1 Å². The summed E-state index contributed by atoms with van der Waals surface area (Å²) in [6.07, 6.45) is 2.36. The van der Waals surface area contributed by atoms with E-state index in [0.717, 1.165) is 0 Å². The summed E-state index contributed by atoms with van der Waals surface area (Å²) in [5.41, 5.74) is 9.54. The maximum atomic E-state index is 9.26. The molecule has 1 saturated heterocycles. The largest absolute Gasteiger partial charge is 0.394 e. The quantitative estimate of drug-likeness (QED) is 0.397. The molecule has 0 aliphatic carbocycles. The molecule has 0 spiro atoms. The summed E-state index contributed by atoms with van der Waals surface area (Å²) in [5, 5.41) is 13.2. The van der Waals surface area contributed by atoms with Crippen LogP contribution in [-0.2, 0) is 4.74 Å². The zero-order valence-electron chi connectivity index (χ0n) is 10.2. The monoisotopic (exact) mass is 295 g/mol. The Bertz CT molecular complexity index is 683. The lowest BCUT2D eigenvalue weighted by molar-refractivity contribution is -0.0233. The summed E-state index contributed by atoms with van der Waals surface area (Å²) in [6, 6.07) is -0.426. The first-order valence-corrected chi connectivity index (χ1v) is 6.26. The zero-order chi connectivity index (χ0) is 14.1. The molecule has 20 heavy (non-hydrogen) atoms. The normalized spacial score (nSPS) is 25.8. The van der Waals surface area contributed by atoms with Gasteiger partial charge >= 0.3 is 0 Å². The Hall–Kier alpha value is -1.93. The Labute approximate surface area is 117 Å². The molecule has 3 heterocycles. The van der Waals surface area contributed by atoms with E-state index >= 15 is 0 Å². The van der Waals surface area contributed by atoms with Crippen LogP contribution in [0.1, 0.15) is 12.6 Å². The molecular weight excluding hydrogens is 286 g/mol. The van der Waals surface area contributed by atoms with Crippen molar-refractivity contribution in [1.82, 2.24) is 19.5 Å². The van der Waals surface area contributed by atoms with Crippen molar-refractivity contribution in [2.24, 2.45) is 5.11 Å². The predicted molar refractivity (Wildman–Crippen MR) is 68.9 cm³/mol.